The number of aryl methyl sites for hydroxylation is 1. The van der Waals surface area contributed by atoms with E-state index in [-0.39, 0.29) is 5.82 Å². The lowest BCUT2D eigenvalue weighted by molar-refractivity contribution is 1.07. The second-order valence-corrected chi connectivity index (χ2v) is 2.27. The Balaban J connectivity index is 3.17. The van der Waals surface area contributed by atoms with Gasteiger partial charge in [-0.1, -0.05) is 6.58 Å². The summed E-state index contributed by atoms with van der Waals surface area (Å²) in [5.74, 6) is 1.35. The van der Waals surface area contributed by atoms with Crippen molar-refractivity contribution in [1.82, 2.24) is 9.97 Å². The fourth-order valence-electron chi connectivity index (χ4n) is 0.810. The lowest BCUT2D eigenvalue weighted by Gasteiger charge is -2.06. The number of nitrogens with zero attached hydrogens (tertiary/aromatic N) is 2. The van der Waals surface area contributed by atoms with E-state index >= 15 is 0 Å². The summed E-state index contributed by atoms with van der Waals surface area (Å²) in [7, 11) is 0. The highest BCUT2D eigenvalue weighted by Gasteiger charge is 2.04. The minimum Gasteiger partial charge on any atom is -0.393 e. The Hall–Kier alpha value is -1.78. The minimum absolute atomic E-state index is 0.284. The average molecular weight is 165 g/mol. The van der Waals surface area contributed by atoms with E-state index in [0.717, 1.165) is 0 Å². The number of hydrogen-bond acceptors (Lipinski definition) is 5. The molecule has 0 atom stereocenters. The molecule has 0 aliphatic rings. The van der Waals surface area contributed by atoms with E-state index in [1.54, 1.807) is 6.92 Å². The number of anilines is 3. The lowest BCUT2D eigenvalue weighted by Crippen LogP contribution is -2.06. The fraction of sp³-hybridized carbons (Fsp3) is 0.143. The molecule has 0 saturated carbocycles. The van der Waals surface area contributed by atoms with Gasteiger partial charge in [0.2, 0.25) is 0 Å². The smallest absolute Gasteiger partial charge is 0.159 e. The fourth-order valence-corrected chi connectivity index (χ4v) is 0.810. The zero-order valence-corrected chi connectivity index (χ0v) is 6.83. The molecule has 0 unspecified atom stereocenters. The molecule has 0 aliphatic carbocycles. The topological polar surface area (TPSA) is 89.8 Å². The van der Waals surface area contributed by atoms with E-state index in [2.05, 4.69) is 21.9 Å². The van der Waals surface area contributed by atoms with Gasteiger partial charge in [-0.25, -0.2) is 9.97 Å². The molecule has 0 spiro atoms. The maximum Gasteiger partial charge on any atom is 0.159 e. The molecule has 1 aromatic rings. The van der Waals surface area contributed by atoms with Crippen LogP contribution in [0.3, 0.4) is 0 Å². The summed E-state index contributed by atoms with van der Waals surface area (Å²) in [4.78, 5) is 7.91. The Morgan fingerprint density at radius 3 is 2.67 bits per heavy atom. The van der Waals surface area contributed by atoms with Crippen molar-refractivity contribution in [3.63, 3.8) is 0 Å². The molecule has 5 N–H and O–H groups in total. The number of hydrogen-bond donors (Lipinski definition) is 3. The summed E-state index contributed by atoms with van der Waals surface area (Å²) in [6.07, 6.45) is 1.48. The van der Waals surface area contributed by atoms with Gasteiger partial charge in [0, 0.05) is 0 Å². The Morgan fingerprint density at radius 2 is 2.08 bits per heavy atom. The van der Waals surface area contributed by atoms with Crippen molar-refractivity contribution in [2.24, 2.45) is 0 Å². The van der Waals surface area contributed by atoms with Crippen LogP contribution in [0, 0.1) is 6.92 Å². The standard InChI is InChI=1S/C7H11N5/c1-3-10-7-5(8)6(9)11-4(2)12-7/h3H,1,8H2,2H3,(H3,9,10,11,12). The number of nitrogen functional groups attached to an aromatic ring is 2. The predicted octanol–water partition coefficient (Wildman–Crippen LogP) is 0.505. The maximum absolute atomic E-state index is 5.58. The predicted molar refractivity (Wildman–Crippen MR) is 49.4 cm³/mol. The molecular formula is C7H11N5. The monoisotopic (exact) mass is 165 g/mol. The molecule has 5 nitrogen and oxygen atoms in total. The number of rotatable bonds is 2. The molecule has 0 saturated heterocycles. The molecule has 5 heteroatoms. The Labute approximate surface area is 70.5 Å². The molecule has 0 radical (unpaired) electrons. The first-order chi connectivity index (χ1) is 5.65. The molecule has 12 heavy (non-hydrogen) atoms. The van der Waals surface area contributed by atoms with Crippen molar-refractivity contribution < 1.29 is 0 Å². The molecule has 0 bridgehead atoms. The molecule has 0 amide bonds. The summed E-state index contributed by atoms with van der Waals surface area (Å²) in [6.45, 7) is 5.23. The number of nitrogens with one attached hydrogen (secondary N) is 1. The van der Waals surface area contributed by atoms with E-state index in [9.17, 15) is 0 Å². The van der Waals surface area contributed by atoms with Gasteiger partial charge in [-0.3, -0.25) is 0 Å². The highest BCUT2D eigenvalue weighted by Crippen LogP contribution is 2.20. The third-order valence-electron chi connectivity index (χ3n) is 1.33. The Morgan fingerprint density at radius 1 is 1.42 bits per heavy atom. The third-order valence-corrected chi connectivity index (χ3v) is 1.33. The SMILES string of the molecule is C=CNc1nc(C)nc(N)c1N. The van der Waals surface area contributed by atoms with E-state index in [1.165, 1.54) is 6.20 Å². The van der Waals surface area contributed by atoms with Gasteiger partial charge in [0.05, 0.1) is 0 Å². The van der Waals surface area contributed by atoms with Crippen LogP contribution in [0.2, 0.25) is 0 Å². The van der Waals surface area contributed by atoms with Crippen molar-refractivity contribution in [1.29, 1.82) is 0 Å². The van der Waals surface area contributed by atoms with Crippen LogP contribution in [0.4, 0.5) is 17.3 Å². The van der Waals surface area contributed by atoms with Crippen LogP contribution in [0.15, 0.2) is 12.8 Å². The van der Waals surface area contributed by atoms with Crippen LogP contribution >= 0.6 is 0 Å². The van der Waals surface area contributed by atoms with Gasteiger partial charge in [0.25, 0.3) is 0 Å². The molecule has 1 rings (SSSR count). The number of aromatic nitrogens is 2. The maximum atomic E-state index is 5.58. The van der Waals surface area contributed by atoms with E-state index < -0.39 is 0 Å². The summed E-state index contributed by atoms with van der Waals surface area (Å²) >= 11 is 0. The van der Waals surface area contributed by atoms with E-state index in [4.69, 9.17) is 11.5 Å². The van der Waals surface area contributed by atoms with Crippen LogP contribution in [0.5, 0.6) is 0 Å². The second-order valence-electron chi connectivity index (χ2n) is 2.27. The highest BCUT2D eigenvalue weighted by atomic mass is 15.1. The van der Waals surface area contributed by atoms with Crippen LogP contribution in [-0.4, -0.2) is 9.97 Å². The van der Waals surface area contributed by atoms with E-state index in [1.807, 2.05) is 0 Å². The van der Waals surface area contributed by atoms with Gasteiger partial charge in [-0.05, 0) is 13.1 Å². The zero-order chi connectivity index (χ0) is 9.14. The summed E-state index contributed by atoms with van der Waals surface area (Å²) in [6, 6.07) is 0. The molecule has 64 valence electrons. The summed E-state index contributed by atoms with van der Waals surface area (Å²) in [5.41, 5.74) is 11.4. The van der Waals surface area contributed by atoms with Crippen molar-refractivity contribution in [2.45, 2.75) is 6.92 Å². The van der Waals surface area contributed by atoms with Crippen LogP contribution in [0.1, 0.15) is 5.82 Å². The number of nitrogens with two attached hydrogens (primary N) is 2. The first-order valence-electron chi connectivity index (χ1n) is 3.42. The van der Waals surface area contributed by atoms with Crippen LogP contribution in [0.25, 0.3) is 0 Å². The van der Waals surface area contributed by atoms with Gasteiger partial charge in [-0.2, -0.15) is 0 Å². The van der Waals surface area contributed by atoms with Gasteiger partial charge >= 0.3 is 0 Å². The first-order valence-corrected chi connectivity index (χ1v) is 3.42. The molecule has 0 aromatic carbocycles. The molecule has 1 heterocycles. The van der Waals surface area contributed by atoms with Gasteiger partial charge in [-0.15, -0.1) is 0 Å². The normalized spacial score (nSPS) is 9.42. The first kappa shape index (κ1) is 8.32. The molecule has 0 aliphatic heterocycles. The largest absolute Gasteiger partial charge is 0.393 e. The van der Waals surface area contributed by atoms with Crippen molar-refractivity contribution in [3.8, 4) is 0 Å². The van der Waals surface area contributed by atoms with Crippen LogP contribution in [-0.2, 0) is 0 Å². The lowest BCUT2D eigenvalue weighted by atomic mass is 10.4. The van der Waals surface area contributed by atoms with Gasteiger partial charge in [0.1, 0.15) is 11.5 Å². The second kappa shape index (κ2) is 3.08. The average Bonchev–Trinajstić information content (AvgIpc) is 2.00. The molecule has 0 fully saturated rings. The Bertz CT molecular complexity index is 307. The van der Waals surface area contributed by atoms with E-state index in [0.29, 0.717) is 17.3 Å². The molecular weight excluding hydrogens is 154 g/mol. The zero-order valence-electron chi connectivity index (χ0n) is 6.83. The van der Waals surface area contributed by atoms with Gasteiger partial charge < -0.3 is 16.8 Å². The minimum atomic E-state index is 0.284. The quantitative estimate of drug-likeness (QED) is 0.593. The highest BCUT2D eigenvalue weighted by molar-refractivity contribution is 5.73. The van der Waals surface area contributed by atoms with Crippen molar-refractivity contribution >= 4 is 17.3 Å². The van der Waals surface area contributed by atoms with Crippen molar-refractivity contribution in [3.05, 3.63) is 18.6 Å². The molecule has 1 aromatic heterocycles. The van der Waals surface area contributed by atoms with Crippen LogP contribution < -0.4 is 16.8 Å². The van der Waals surface area contributed by atoms with Crippen molar-refractivity contribution in [2.75, 3.05) is 16.8 Å². The van der Waals surface area contributed by atoms with Gasteiger partial charge in [0.15, 0.2) is 11.6 Å². The summed E-state index contributed by atoms with van der Waals surface area (Å²) < 4.78 is 0. The Kier molecular flexibility index (Phi) is 2.14. The summed E-state index contributed by atoms with van der Waals surface area (Å²) in [5, 5.41) is 2.77. The third kappa shape index (κ3) is 1.45.